The van der Waals surface area contributed by atoms with E-state index in [4.69, 9.17) is 15.2 Å². The molecule has 0 aliphatic heterocycles. The van der Waals surface area contributed by atoms with Crippen LogP contribution < -0.4 is 10.5 Å². The summed E-state index contributed by atoms with van der Waals surface area (Å²) in [5.74, 6) is -0.593. The molecule has 0 bridgehead atoms. The fraction of sp³-hybridized carbons (Fsp3) is 0.500. The number of hydrogen-bond donors (Lipinski definition) is 1. The Hall–Kier alpha value is -1.76. The molecule has 0 radical (unpaired) electrons. The molecule has 2 N–H and O–H groups in total. The van der Waals surface area contributed by atoms with E-state index in [1.807, 2.05) is 0 Å². The number of para-hydroxylation sites is 1. The molecule has 0 heterocycles. The fourth-order valence-electron chi connectivity index (χ4n) is 1.59. The minimum absolute atomic E-state index is 0.193. The van der Waals surface area contributed by atoms with Gasteiger partial charge >= 0.3 is 5.97 Å². The van der Waals surface area contributed by atoms with E-state index in [-0.39, 0.29) is 23.7 Å². The lowest BCUT2D eigenvalue weighted by atomic mass is 10.2. The van der Waals surface area contributed by atoms with Crippen LogP contribution in [-0.4, -0.2) is 38.6 Å². The van der Waals surface area contributed by atoms with Crippen molar-refractivity contribution < 1.29 is 22.7 Å². The molecule has 0 fully saturated rings. The Morgan fingerprint density at radius 1 is 1.33 bits per heavy atom. The molecule has 0 aliphatic rings. The van der Waals surface area contributed by atoms with Gasteiger partial charge in [0.1, 0.15) is 12.2 Å². The Bertz CT molecular complexity index is 595. The highest BCUT2D eigenvalue weighted by Gasteiger charge is 2.19. The van der Waals surface area contributed by atoms with Gasteiger partial charge in [-0.3, -0.25) is 0 Å². The van der Waals surface area contributed by atoms with Crippen molar-refractivity contribution in [3.05, 3.63) is 23.8 Å². The van der Waals surface area contributed by atoms with Gasteiger partial charge in [-0.25, -0.2) is 13.2 Å². The van der Waals surface area contributed by atoms with Crippen LogP contribution in [0.3, 0.4) is 0 Å². The van der Waals surface area contributed by atoms with Gasteiger partial charge in [0.05, 0.1) is 23.3 Å². The number of nitrogen functional groups attached to an aromatic ring is 1. The maximum absolute atomic E-state index is 12.0. The highest BCUT2D eigenvalue weighted by molar-refractivity contribution is 7.91. The first-order chi connectivity index (χ1) is 9.79. The summed E-state index contributed by atoms with van der Waals surface area (Å²) in [6.07, 6.45) is 0. The third kappa shape index (κ3) is 4.63. The third-order valence-corrected chi connectivity index (χ3v) is 5.05. The van der Waals surface area contributed by atoms with Crippen molar-refractivity contribution in [3.8, 4) is 5.75 Å². The highest BCUT2D eigenvalue weighted by Crippen LogP contribution is 2.27. The molecule has 1 aromatic carbocycles. The normalized spacial score (nSPS) is 11.4. The van der Waals surface area contributed by atoms with E-state index in [9.17, 15) is 13.2 Å². The van der Waals surface area contributed by atoms with Crippen molar-refractivity contribution in [2.75, 3.05) is 24.7 Å². The summed E-state index contributed by atoms with van der Waals surface area (Å²) in [6, 6.07) is 4.75. The van der Waals surface area contributed by atoms with Crippen molar-refractivity contribution in [2.45, 2.75) is 26.0 Å². The van der Waals surface area contributed by atoms with E-state index in [2.05, 4.69) is 0 Å². The molecule has 0 unspecified atom stereocenters. The molecule has 1 rings (SSSR count). The molecule has 1 aromatic rings. The van der Waals surface area contributed by atoms with Gasteiger partial charge in [-0.15, -0.1) is 0 Å². The zero-order chi connectivity index (χ0) is 16.0. The molecule has 0 saturated carbocycles. The maximum atomic E-state index is 12.0. The second kappa shape index (κ2) is 7.31. The number of sulfone groups is 1. The van der Waals surface area contributed by atoms with Crippen molar-refractivity contribution in [3.63, 3.8) is 0 Å². The number of benzene rings is 1. The molecular formula is C14H21NO5S. The maximum Gasteiger partial charge on any atom is 0.342 e. The Labute approximate surface area is 125 Å². The van der Waals surface area contributed by atoms with E-state index in [1.165, 1.54) is 6.07 Å². The number of esters is 1. The molecule has 0 atom stereocenters. The van der Waals surface area contributed by atoms with Crippen molar-refractivity contribution in [1.29, 1.82) is 0 Å². The number of rotatable bonds is 7. The largest absolute Gasteiger partial charge is 0.491 e. The average molecular weight is 315 g/mol. The molecule has 0 spiro atoms. The van der Waals surface area contributed by atoms with Gasteiger partial charge in [0.2, 0.25) is 0 Å². The van der Waals surface area contributed by atoms with Crippen LogP contribution in [0.15, 0.2) is 18.2 Å². The number of carbonyl (C=O) groups excluding carboxylic acids is 1. The van der Waals surface area contributed by atoms with Gasteiger partial charge in [0.15, 0.2) is 15.6 Å². The lowest BCUT2D eigenvalue weighted by Gasteiger charge is -2.12. The van der Waals surface area contributed by atoms with E-state index in [0.29, 0.717) is 12.3 Å². The van der Waals surface area contributed by atoms with Crippen LogP contribution >= 0.6 is 0 Å². The second-order valence-electron chi connectivity index (χ2n) is 4.71. The van der Waals surface area contributed by atoms with Crippen molar-refractivity contribution in [2.24, 2.45) is 0 Å². The first kappa shape index (κ1) is 17.3. The van der Waals surface area contributed by atoms with Gasteiger partial charge in [0, 0.05) is 0 Å². The first-order valence-corrected chi connectivity index (χ1v) is 8.41. The lowest BCUT2D eigenvalue weighted by Crippen LogP contribution is -2.22. The molecule has 7 heteroatoms. The summed E-state index contributed by atoms with van der Waals surface area (Å²) in [7, 11) is -3.24. The van der Waals surface area contributed by atoms with Gasteiger partial charge in [-0.05, 0) is 32.9 Å². The van der Waals surface area contributed by atoms with Crippen molar-refractivity contribution >= 4 is 21.5 Å². The number of carbonyl (C=O) groups is 1. The zero-order valence-electron chi connectivity index (χ0n) is 12.5. The smallest absolute Gasteiger partial charge is 0.342 e. The summed E-state index contributed by atoms with van der Waals surface area (Å²) in [5.41, 5.74) is 6.28. The standard InChI is InChI=1S/C14H21NO5S/c1-4-19-13-11(6-5-7-12(13)15)14(16)20-8-9-21(17,18)10(2)3/h5-7,10H,4,8-9,15H2,1-3H3. The topological polar surface area (TPSA) is 95.7 Å². The molecule has 0 aliphatic carbocycles. The van der Waals surface area contributed by atoms with Crippen LogP contribution in [0.5, 0.6) is 5.75 Å². The third-order valence-electron chi connectivity index (χ3n) is 2.87. The predicted octanol–water partition coefficient (Wildman–Crippen LogP) is 1.65. The number of hydrogen-bond acceptors (Lipinski definition) is 6. The Balaban J connectivity index is 2.75. The number of anilines is 1. The van der Waals surface area contributed by atoms with Gasteiger partial charge in [-0.2, -0.15) is 0 Å². The van der Waals surface area contributed by atoms with Crippen LogP contribution in [0.2, 0.25) is 0 Å². The fourth-order valence-corrected chi connectivity index (χ4v) is 2.37. The van der Waals surface area contributed by atoms with E-state index < -0.39 is 21.1 Å². The Morgan fingerprint density at radius 2 is 2.00 bits per heavy atom. The molecule has 21 heavy (non-hydrogen) atoms. The van der Waals surface area contributed by atoms with Crippen LogP contribution in [0.25, 0.3) is 0 Å². The SMILES string of the molecule is CCOc1c(N)cccc1C(=O)OCCS(=O)(=O)C(C)C. The molecule has 0 amide bonds. The summed E-state index contributed by atoms with van der Waals surface area (Å²) in [6.45, 7) is 5.11. The van der Waals surface area contributed by atoms with Gasteiger partial charge < -0.3 is 15.2 Å². The Kier molecular flexibility index (Phi) is 6.02. The minimum atomic E-state index is -3.24. The average Bonchev–Trinajstić information content (AvgIpc) is 2.40. The molecule has 118 valence electrons. The minimum Gasteiger partial charge on any atom is -0.491 e. The lowest BCUT2D eigenvalue weighted by molar-refractivity contribution is 0.0525. The second-order valence-corrected chi connectivity index (χ2v) is 7.39. The van der Waals surface area contributed by atoms with Gasteiger partial charge in [0.25, 0.3) is 0 Å². The zero-order valence-corrected chi connectivity index (χ0v) is 13.3. The quantitative estimate of drug-likeness (QED) is 0.607. The van der Waals surface area contributed by atoms with E-state index >= 15 is 0 Å². The number of nitrogens with two attached hydrogens (primary N) is 1. The summed E-state index contributed by atoms with van der Waals surface area (Å²) in [5, 5.41) is -0.498. The monoisotopic (exact) mass is 315 g/mol. The van der Waals surface area contributed by atoms with Crippen LogP contribution in [0.4, 0.5) is 5.69 Å². The molecule has 0 aromatic heterocycles. The predicted molar refractivity (Wildman–Crippen MR) is 81.2 cm³/mol. The van der Waals surface area contributed by atoms with Crippen LogP contribution in [0.1, 0.15) is 31.1 Å². The summed E-state index contributed by atoms with van der Waals surface area (Å²) in [4.78, 5) is 12.0. The highest BCUT2D eigenvalue weighted by atomic mass is 32.2. The molecule has 6 nitrogen and oxygen atoms in total. The molecule has 0 saturated heterocycles. The van der Waals surface area contributed by atoms with Gasteiger partial charge in [-0.1, -0.05) is 6.07 Å². The van der Waals surface area contributed by atoms with Crippen LogP contribution in [0, 0.1) is 0 Å². The summed E-state index contributed by atoms with van der Waals surface area (Å²) < 4.78 is 33.6. The molecular weight excluding hydrogens is 294 g/mol. The first-order valence-electron chi connectivity index (χ1n) is 6.69. The Morgan fingerprint density at radius 3 is 2.57 bits per heavy atom. The van der Waals surface area contributed by atoms with Crippen molar-refractivity contribution in [1.82, 2.24) is 0 Å². The number of ether oxygens (including phenoxy) is 2. The summed E-state index contributed by atoms with van der Waals surface area (Å²) >= 11 is 0. The van der Waals surface area contributed by atoms with E-state index in [1.54, 1.807) is 32.9 Å². The van der Waals surface area contributed by atoms with Crippen LogP contribution in [-0.2, 0) is 14.6 Å². The van der Waals surface area contributed by atoms with E-state index in [0.717, 1.165) is 0 Å².